The molecule has 0 spiro atoms. The van der Waals surface area contributed by atoms with Crippen molar-refractivity contribution in [1.29, 1.82) is 0 Å². The van der Waals surface area contributed by atoms with Gasteiger partial charge in [0.05, 0.1) is 38.5 Å². The van der Waals surface area contributed by atoms with Gasteiger partial charge < -0.3 is 25.0 Å². The van der Waals surface area contributed by atoms with Crippen LogP contribution in [-0.4, -0.2) is 45.2 Å². The molecule has 0 aromatic heterocycles. The van der Waals surface area contributed by atoms with E-state index >= 15 is 0 Å². The molecule has 160 valence electrons. The van der Waals surface area contributed by atoms with Crippen molar-refractivity contribution in [3.8, 4) is 5.75 Å². The van der Waals surface area contributed by atoms with Gasteiger partial charge in [-0.25, -0.2) is 4.39 Å². The monoisotopic (exact) mass is 415 g/mol. The molecule has 2 aromatic rings. The lowest BCUT2D eigenvalue weighted by molar-refractivity contribution is -0.120. The van der Waals surface area contributed by atoms with Crippen molar-refractivity contribution in [2.75, 3.05) is 43.6 Å². The molecule has 8 heteroatoms. The summed E-state index contributed by atoms with van der Waals surface area (Å²) in [6, 6.07) is 11.3. The maximum absolute atomic E-state index is 14.6. The van der Waals surface area contributed by atoms with Crippen molar-refractivity contribution < 1.29 is 23.5 Å². The van der Waals surface area contributed by atoms with E-state index < -0.39 is 11.9 Å². The normalized spacial score (nSPS) is 14.7. The van der Waals surface area contributed by atoms with Crippen molar-refractivity contribution in [2.24, 2.45) is 0 Å². The number of nitrogens with zero attached hydrogens (tertiary/aromatic N) is 1. The third-order valence-corrected chi connectivity index (χ3v) is 4.87. The Hall–Kier alpha value is -3.13. The number of methoxy groups -OCH3 is 1. The predicted molar refractivity (Wildman–Crippen MR) is 112 cm³/mol. The summed E-state index contributed by atoms with van der Waals surface area (Å²) in [6.07, 6.45) is 0.0126. The van der Waals surface area contributed by atoms with Crippen molar-refractivity contribution in [3.63, 3.8) is 0 Å². The number of nitrogens with one attached hydrogen (secondary N) is 2. The summed E-state index contributed by atoms with van der Waals surface area (Å²) in [6.45, 7) is 3.78. The van der Waals surface area contributed by atoms with Crippen molar-refractivity contribution in [2.45, 2.75) is 19.4 Å². The zero-order chi connectivity index (χ0) is 21.5. The van der Waals surface area contributed by atoms with Gasteiger partial charge in [0.15, 0.2) is 0 Å². The zero-order valence-corrected chi connectivity index (χ0v) is 17.1. The van der Waals surface area contributed by atoms with Gasteiger partial charge in [-0.1, -0.05) is 12.1 Å². The van der Waals surface area contributed by atoms with Crippen molar-refractivity contribution >= 4 is 23.2 Å². The Balaban J connectivity index is 1.67. The number of ether oxygens (including phenoxy) is 2. The van der Waals surface area contributed by atoms with Crippen LogP contribution < -0.4 is 20.3 Å². The van der Waals surface area contributed by atoms with E-state index in [0.717, 1.165) is 5.56 Å². The minimum atomic E-state index is -0.508. The van der Waals surface area contributed by atoms with Gasteiger partial charge in [0.25, 0.3) is 0 Å². The molecule has 30 heavy (non-hydrogen) atoms. The molecule has 2 aromatic carbocycles. The van der Waals surface area contributed by atoms with Crippen LogP contribution in [-0.2, 0) is 14.3 Å². The van der Waals surface area contributed by atoms with E-state index in [1.165, 1.54) is 13.0 Å². The summed E-state index contributed by atoms with van der Waals surface area (Å²) in [5, 5.41) is 5.49. The van der Waals surface area contributed by atoms with Crippen molar-refractivity contribution in [1.82, 2.24) is 5.32 Å². The van der Waals surface area contributed by atoms with Gasteiger partial charge in [0.2, 0.25) is 11.8 Å². The molecule has 1 aliphatic rings. The Morgan fingerprint density at radius 2 is 1.87 bits per heavy atom. The number of anilines is 2. The smallest absolute Gasteiger partial charge is 0.226 e. The molecule has 0 bridgehead atoms. The number of rotatable bonds is 7. The highest BCUT2D eigenvalue weighted by atomic mass is 19.1. The summed E-state index contributed by atoms with van der Waals surface area (Å²) >= 11 is 0. The topological polar surface area (TPSA) is 79.9 Å². The Kier molecular flexibility index (Phi) is 7.24. The molecule has 0 aliphatic carbocycles. The summed E-state index contributed by atoms with van der Waals surface area (Å²) in [5.41, 5.74) is 1.63. The van der Waals surface area contributed by atoms with Crippen LogP contribution in [0.15, 0.2) is 42.5 Å². The van der Waals surface area contributed by atoms with Crippen LogP contribution in [0.1, 0.15) is 24.9 Å². The maximum Gasteiger partial charge on any atom is 0.226 e. The van der Waals surface area contributed by atoms with Gasteiger partial charge in [-0.3, -0.25) is 9.59 Å². The first-order valence-corrected chi connectivity index (χ1v) is 9.79. The molecule has 7 nitrogen and oxygen atoms in total. The first-order valence-electron chi connectivity index (χ1n) is 9.79. The van der Waals surface area contributed by atoms with Crippen LogP contribution in [0.25, 0.3) is 0 Å². The molecule has 1 heterocycles. The fourth-order valence-corrected chi connectivity index (χ4v) is 3.38. The Morgan fingerprint density at radius 1 is 1.17 bits per heavy atom. The van der Waals surface area contributed by atoms with Crippen LogP contribution in [0, 0.1) is 5.82 Å². The standard InChI is InChI=1S/C22H26FN3O4/c1-15(27)24-20(16-3-6-18(29-2)7-4-16)14-22(28)25-17-5-8-21(19(23)13-17)26-9-11-30-12-10-26/h3-8,13,20H,9-12,14H2,1-2H3,(H,24,27)(H,25,28). The fourth-order valence-electron chi connectivity index (χ4n) is 3.38. The molecule has 1 saturated heterocycles. The van der Waals surface area contributed by atoms with Gasteiger partial charge in [-0.15, -0.1) is 0 Å². The molecule has 3 rings (SSSR count). The molecule has 0 radical (unpaired) electrons. The lowest BCUT2D eigenvalue weighted by Crippen LogP contribution is -2.36. The number of morpholine rings is 1. The number of hydrogen-bond donors (Lipinski definition) is 2. The number of amides is 2. The first-order chi connectivity index (χ1) is 14.5. The molecule has 2 amide bonds. The number of halogens is 1. The van der Waals surface area contributed by atoms with E-state index in [2.05, 4.69) is 10.6 Å². The average molecular weight is 415 g/mol. The molecule has 0 saturated carbocycles. The van der Waals surface area contributed by atoms with E-state index in [1.54, 1.807) is 43.5 Å². The highest BCUT2D eigenvalue weighted by molar-refractivity contribution is 5.91. The van der Waals surface area contributed by atoms with E-state index in [1.807, 2.05) is 4.90 Å². The fraction of sp³-hybridized carbons (Fsp3) is 0.364. The SMILES string of the molecule is COc1ccc(C(CC(=O)Nc2ccc(N3CCOCC3)c(F)c2)NC(C)=O)cc1. The molecule has 1 aliphatic heterocycles. The lowest BCUT2D eigenvalue weighted by atomic mass is 10.0. The second-order valence-corrected chi connectivity index (χ2v) is 7.04. The summed E-state index contributed by atoms with van der Waals surface area (Å²) in [4.78, 5) is 26.1. The zero-order valence-electron chi connectivity index (χ0n) is 17.1. The number of carbonyl (C=O) groups is 2. The number of benzene rings is 2. The molecule has 1 unspecified atom stereocenters. The van der Waals surface area contributed by atoms with E-state index in [4.69, 9.17) is 9.47 Å². The summed E-state index contributed by atoms with van der Waals surface area (Å²) < 4.78 is 25.0. The van der Waals surface area contributed by atoms with Crippen LogP contribution in [0.4, 0.5) is 15.8 Å². The van der Waals surface area contributed by atoms with Gasteiger partial charge in [0, 0.05) is 25.7 Å². The number of hydrogen-bond acceptors (Lipinski definition) is 5. The highest BCUT2D eigenvalue weighted by Gasteiger charge is 2.19. The minimum Gasteiger partial charge on any atom is -0.497 e. The van der Waals surface area contributed by atoms with E-state index in [9.17, 15) is 14.0 Å². The molecule has 1 fully saturated rings. The maximum atomic E-state index is 14.6. The van der Waals surface area contributed by atoms with Crippen LogP contribution in [0.5, 0.6) is 5.75 Å². The Bertz CT molecular complexity index is 882. The number of carbonyl (C=O) groups excluding carboxylic acids is 2. The lowest BCUT2D eigenvalue weighted by Gasteiger charge is -2.29. The van der Waals surface area contributed by atoms with Gasteiger partial charge in [-0.2, -0.15) is 0 Å². The van der Waals surface area contributed by atoms with Crippen molar-refractivity contribution in [3.05, 3.63) is 53.8 Å². The van der Waals surface area contributed by atoms with Crippen LogP contribution in [0.3, 0.4) is 0 Å². The van der Waals surface area contributed by atoms with Gasteiger partial charge in [-0.05, 0) is 35.9 Å². The van der Waals surface area contributed by atoms with Crippen LogP contribution >= 0.6 is 0 Å². The predicted octanol–water partition coefficient (Wildman–Crippen LogP) is 2.88. The summed E-state index contributed by atoms with van der Waals surface area (Å²) in [7, 11) is 1.57. The average Bonchev–Trinajstić information content (AvgIpc) is 2.74. The van der Waals surface area contributed by atoms with Gasteiger partial charge in [0.1, 0.15) is 11.6 Å². The summed E-state index contributed by atoms with van der Waals surface area (Å²) in [5.74, 6) is -0.295. The Morgan fingerprint density at radius 3 is 2.47 bits per heavy atom. The minimum absolute atomic E-state index is 0.0126. The van der Waals surface area contributed by atoms with E-state index in [-0.39, 0.29) is 18.2 Å². The van der Waals surface area contributed by atoms with E-state index in [0.29, 0.717) is 43.4 Å². The third-order valence-electron chi connectivity index (χ3n) is 4.87. The molecular weight excluding hydrogens is 389 g/mol. The Labute approximate surface area is 175 Å². The quantitative estimate of drug-likeness (QED) is 0.727. The largest absolute Gasteiger partial charge is 0.497 e. The van der Waals surface area contributed by atoms with Gasteiger partial charge >= 0.3 is 0 Å². The van der Waals surface area contributed by atoms with Crippen LogP contribution in [0.2, 0.25) is 0 Å². The highest BCUT2D eigenvalue weighted by Crippen LogP contribution is 2.25. The second kappa shape index (κ2) is 10.1. The third kappa shape index (κ3) is 5.70. The first kappa shape index (κ1) is 21.6. The second-order valence-electron chi connectivity index (χ2n) is 7.04. The molecular formula is C22H26FN3O4. The molecule has 1 atom stereocenters. The molecule has 2 N–H and O–H groups in total.